The molecule has 6 heteroatoms. The maximum Gasteiger partial charge on any atom is 0.262 e. The summed E-state index contributed by atoms with van der Waals surface area (Å²) in [5.74, 6) is 0.141. The molecule has 0 saturated carbocycles. The second-order valence-corrected chi connectivity index (χ2v) is 6.69. The number of rotatable bonds is 7. The van der Waals surface area contributed by atoms with E-state index in [1.807, 2.05) is 50.2 Å². The molecule has 0 aliphatic carbocycles. The summed E-state index contributed by atoms with van der Waals surface area (Å²) < 4.78 is 5.59. The van der Waals surface area contributed by atoms with Gasteiger partial charge in [0.1, 0.15) is 5.75 Å². The number of aryl methyl sites for hydroxylation is 2. The number of aromatic nitrogens is 1. The Hall–Kier alpha value is -3.67. The van der Waals surface area contributed by atoms with Crippen molar-refractivity contribution in [2.75, 3.05) is 11.9 Å². The molecule has 3 aromatic rings. The molecule has 148 valence electrons. The maximum absolute atomic E-state index is 12.4. The van der Waals surface area contributed by atoms with Crippen molar-refractivity contribution in [2.45, 2.75) is 20.4 Å². The summed E-state index contributed by atoms with van der Waals surface area (Å²) in [4.78, 5) is 28.7. The molecule has 0 radical (unpaired) electrons. The van der Waals surface area contributed by atoms with Gasteiger partial charge in [-0.2, -0.15) is 0 Å². The molecule has 1 heterocycles. The Balaban J connectivity index is 1.54. The Morgan fingerprint density at radius 3 is 2.62 bits per heavy atom. The van der Waals surface area contributed by atoms with Gasteiger partial charge in [-0.15, -0.1) is 0 Å². The lowest BCUT2D eigenvalue weighted by Gasteiger charge is -2.11. The van der Waals surface area contributed by atoms with Crippen LogP contribution in [-0.4, -0.2) is 23.4 Å². The topological polar surface area (TPSA) is 80.3 Å². The predicted octanol–water partition coefficient (Wildman–Crippen LogP) is 3.65. The predicted molar refractivity (Wildman–Crippen MR) is 112 cm³/mol. The van der Waals surface area contributed by atoms with Gasteiger partial charge in [0, 0.05) is 17.4 Å². The van der Waals surface area contributed by atoms with E-state index in [0.717, 1.165) is 16.8 Å². The number of anilines is 1. The van der Waals surface area contributed by atoms with Crippen LogP contribution in [0.5, 0.6) is 5.75 Å². The first-order valence-electron chi connectivity index (χ1n) is 9.29. The van der Waals surface area contributed by atoms with E-state index >= 15 is 0 Å². The number of benzene rings is 2. The van der Waals surface area contributed by atoms with Gasteiger partial charge in [-0.3, -0.25) is 14.6 Å². The summed E-state index contributed by atoms with van der Waals surface area (Å²) >= 11 is 0. The Morgan fingerprint density at radius 2 is 1.86 bits per heavy atom. The van der Waals surface area contributed by atoms with E-state index in [1.165, 1.54) is 0 Å². The van der Waals surface area contributed by atoms with Crippen LogP contribution in [0.1, 0.15) is 27.2 Å². The molecule has 0 aliphatic rings. The number of hydrogen-bond donors (Lipinski definition) is 2. The van der Waals surface area contributed by atoms with Gasteiger partial charge in [0.25, 0.3) is 11.8 Å². The number of nitrogens with one attached hydrogen (secondary N) is 2. The number of carbonyl (C=O) groups excluding carboxylic acids is 2. The van der Waals surface area contributed by atoms with E-state index < -0.39 is 0 Å². The lowest BCUT2D eigenvalue weighted by Crippen LogP contribution is -2.24. The lowest BCUT2D eigenvalue weighted by molar-refractivity contribution is -0.118. The zero-order valence-corrected chi connectivity index (χ0v) is 16.4. The van der Waals surface area contributed by atoms with E-state index in [4.69, 9.17) is 4.74 Å². The summed E-state index contributed by atoms with van der Waals surface area (Å²) in [7, 11) is 0. The number of amides is 2. The van der Waals surface area contributed by atoms with Crippen molar-refractivity contribution < 1.29 is 14.3 Å². The average molecular weight is 389 g/mol. The van der Waals surface area contributed by atoms with Gasteiger partial charge < -0.3 is 15.4 Å². The highest BCUT2D eigenvalue weighted by Gasteiger charge is 2.09. The number of carbonyl (C=O) groups is 2. The molecule has 0 aliphatic heterocycles. The molecule has 0 saturated heterocycles. The van der Waals surface area contributed by atoms with Crippen molar-refractivity contribution in [2.24, 2.45) is 0 Å². The smallest absolute Gasteiger partial charge is 0.262 e. The number of hydrogen-bond acceptors (Lipinski definition) is 4. The van der Waals surface area contributed by atoms with Crippen molar-refractivity contribution in [1.29, 1.82) is 0 Å². The first kappa shape index (κ1) is 20.1. The Bertz CT molecular complexity index is 1000. The Morgan fingerprint density at radius 1 is 1.00 bits per heavy atom. The summed E-state index contributed by atoms with van der Waals surface area (Å²) in [6.07, 6.45) is 1.68. The van der Waals surface area contributed by atoms with Gasteiger partial charge >= 0.3 is 0 Å². The highest BCUT2D eigenvalue weighted by Crippen LogP contribution is 2.18. The lowest BCUT2D eigenvalue weighted by atomic mass is 10.1. The van der Waals surface area contributed by atoms with Crippen LogP contribution < -0.4 is 15.4 Å². The molecule has 0 unspecified atom stereocenters. The molecule has 2 aromatic carbocycles. The molecule has 0 atom stereocenters. The molecule has 0 bridgehead atoms. The van der Waals surface area contributed by atoms with Crippen LogP contribution >= 0.6 is 0 Å². The highest BCUT2D eigenvalue weighted by molar-refractivity contribution is 5.97. The molecule has 0 fully saturated rings. The van der Waals surface area contributed by atoms with Gasteiger partial charge in [0.2, 0.25) is 0 Å². The molecule has 2 N–H and O–H groups in total. The molecule has 2 amide bonds. The van der Waals surface area contributed by atoms with Crippen LogP contribution in [0.4, 0.5) is 5.69 Å². The second kappa shape index (κ2) is 9.50. The van der Waals surface area contributed by atoms with E-state index in [1.54, 1.807) is 30.5 Å². The van der Waals surface area contributed by atoms with Gasteiger partial charge in [-0.1, -0.05) is 29.8 Å². The maximum atomic E-state index is 12.4. The fourth-order valence-electron chi connectivity index (χ4n) is 2.82. The monoisotopic (exact) mass is 389 g/mol. The zero-order chi connectivity index (χ0) is 20.6. The third kappa shape index (κ3) is 5.90. The molecule has 3 rings (SSSR count). The highest BCUT2D eigenvalue weighted by atomic mass is 16.5. The largest absolute Gasteiger partial charge is 0.483 e. The average Bonchev–Trinajstić information content (AvgIpc) is 2.72. The van der Waals surface area contributed by atoms with Gasteiger partial charge in [0.05, 0.1) is 12.2 Å². The van der Waals surface area contributed by atoms with E-state index in [-0.39, 0.29) is 18.4 Å². The van der Waals surface area contributed by atoms with Crippen LogP contribution in [0.15, 0.2) is 66.9 Å². The normalized spacial score (nSPS) is 10.3. The van der Waals surface area contributed by atoms with Crippen LogP contribution in [0.3, 0.4) is 0 Å². The number of pyridine rings is 1. The SMILES string of the molecule is Cc1ccc(OCC(=O)Nc2cccc(C(=O)NCc3ccccn3)c2)c(C)c1. The van der Waals surface area contributed by atoms with E-state index in [0.29, 0.717) is 23.5 Å². The van der Waals surface area contributed by atoms with Crippen molar-refractivity contribution in [3.05, 3.63) is 89.2 Å². The zero-order valence-electron chi connectivity index (χ0n) is 16.4. The van der Waals surface area contributed by atoms with Gasteiger partial charge in [0.15, 0.2) is 6.61 Å². The Kier molecular flexibility index (Phi) is 6.58. The van der Waals surface area contributed by atoms with Crippen molar-refractivity contribution in [3.63, 3.8) is 0 Å². The molecular weight excluding hydrogens is 366 g/mol. The third-order valence-electron chi connectivity index (χ3n) is 4.25. The van der Waals surface area contributed by atoms with Gasteiger partial charge in [-0.05, 0) is 55.8 Å². The van der Waals surface area contributed by atoms with Crippen LogP contribution in [0, 0.1) is 13.8 Å². The minimum Gasteiger partial charge on any atom is -0.483 e. The van der Waals surface area contributed by atoms with Crippen molar-refractivity contribution in [3.8, 4) is 5.75 Å². The fourth-order valence-corrected chi connectivity index (χ4v) is 2.82. The minimum atomic E-state index is -0.295. The van der Waals surface area contributed by atoms with E-state index in [2.05, 4.69) is 15.6 Å². The first-order valence-corrected chi connectivity index (χ1v) is 9.29. The standard InChI is InChI=1S/C23H23N3O3/c1-16-9-10-21(17(2)12-16)29-15-22(27)26-19-8-5-6-18(13-19)23(28)25-14-20-7-3-4-11-24-20/h3-13H,14-15H2,1-2H3,(H,25,28)(H,26,27). The summed E-state index contributed by atoms with van der Waals surface area (Å²) in [5, 5.41) is 5.57. The first-order chi connectivity index (χ1) is 14.0. The van der Waals surface area contributed by atoms with Crippen LogP contribution in [0.2, 0.25) is 0 Å². The fraction of sp³-hybridized carbons (Fsp3) is 0.174. The van der Waals surface area contributed by atoms with Crippen LogP contribution in [0.25, 0.3) is 0 Å². The number of nitrogens with zero attached hydrogens (tertiary/aromatic N) is 1. The van der Waals surface area contributed by atoms with Crippen LogP contribution in [-0.2, 0) is 11.3 Å². The molecule has 1 aromatic heterocycles. The summed E-state index contributed by atoms with van der Waals surface area (Å²) in [6.45, 7) is 4.16. The summed E-state index contributed by atoms with van der Waals surface area (Å²) in [5.41, 5.74) is 3.87. The quantitative estimate of drug-likeness (QED) is 0.646. The van der Waals surface area contributed by atoms with Crippen molar-refractivity contribution in [1.82, 2.24) is 10.3 Å². The second-order valence-electron chi connectivity index (χ2n) is 6.69. The van der Waals surface area contributed by atoms with Crippen molar-refractivity contribution >= 4 is 17.5 Å². The summed E-state index contributed by atoms with van der Waals surface area (Å²) in [6, 6.07) is 18.1. The molecule has 29 heavy (non-hydrogen) atoms. The minimum absolute atomic E-state index is 0.111. The Labute approximate surface area is 169 Å². The van der Waals surface area contributed by atoms with Gasteiger partial charge in [-0.25, -0.2) is 0 Å². The molecular formula is C23H23N3O3. The number of ether oxygens (including phenoxy) is 1. The molecule has 6 nitrogen and oxygen atoms in total. The third-order valence-corrected chi connectivity index (χ3v) is 4.25. The van der Waals surface area contributed by atoms with E-state index in [9.17, 15) is 9.59 Å². The molecule has 0 spiro atoms.